The molecule has 0 saturated carbocycles. The summed E-state index contributed by atoms with van der Waals surface area (Å²) in [6, 6.07) is 5.52. The molecule has 0 radical (unpaired) electrons. The standard InChI is InChI=1S/C16H18FNO4S/c1-16-7-6-14(19)18(16)12(10-23-16)15(20)22-9-8-21-13-5-3-2-4-11(13)17/h2-5,12H,6-10H2,1H3/t12-,16-/m0/s1. The summed E-state index contributed by atoms with van der Waals surface area (Å²) < 4.78 is 23.8. The Morgan fingerprint density at radius 2 is 2.22 bits per heavy atom. The molecule has 0 bridgehead atoms. The van der Waals surface area contributed by atoms with Crippen molar-refractivity contribution in [3.63, 3.8) is 0 Å². The molecule has 7 heteroatoms. The molecule has 2 fully saturated rings. The van der Waals surface area contributed by atoms with Gasteiger partial charge in [-0.15, -0.1) is 11.8 Å². The van der Waals surface area contributed by atoms with Gasteiger partial charge >= 0.3 is 5.97 Å². The molecule has 124 valence electrons. The molecule has 0 aromatic heterocycles. The third-order valence-corrected chi connectivity index (χ3v) is 5.64. The molecule has 0 aliphatic carbocycles. The Hall–Kier alpha value is -1.76. The number of esters is 1. The van der Waals surface area contributed by atoms with E-state index in [1.165, 1.54) is 12.1 Å². The summed E-state index contributed by atoms with van der Waals surface area (Å²) in [4.78, 5) is 25.5. The van der Waals surface area contributed by atoms with Crippen LogP contribution >= 0.6 is 11.8 Å². The number of para-hydroxylation sites is 1. The van der Waals surface area contributed by atoms with E-state index in [0.29, 0.717) is 12.2 Å². The Labute approximate surface area is 138 Å². The second kappa shape index (κ2) is 6.39. The molecule has 2 aliphatic rings. The van der Waals surface area contributed by atoms with Crippen molar-refractivity contribution in [2.24, 2.45) is 0 Å². The number of benzene rings is 1. The number of rotatable bonds is 5. The first-order chi connectivity index (χ1) is 11.0. The minimum absolute atomic E-state index is 0.00190. The minimum atomic E-state index is -0.534. The van der Waals surface area contributed by atoms with Gasteiger partial charge in [-0.25, -0.2) is 9.18 Å². The molecule has 0 unspecified atom stereocenters. The Morgan fingerprint density at radius 3 is 3.00 bits per heavy atom. The number of carbonyl (C=O) groups excluding carboxylic acids is 2. The molecule has 3 rings (SSSR count). The molecule has 23 heavy (non-hydrogen) atoms. The summed E-state index contributed by atoms with van der Waals surface area (Å²) in [6.45, 7) is 2.07. The zero-order chi connectivity index (χ0) is 16.4. The van der Waals surface area contributed by atoms with Crippen LogP contribution in [0.4, 0.5) is 4.39 Å². The average Bonchev–Trinajstić information content (AvgIpc) is 3.02. The summed E-state index contributed by atoms with van der Waals surface area (Å²) in [6.07, 6.45) is 1.24. The monoisotopic (exact) mass is 339 g/mol. The molecular formula is C16H18FNO4S. The van der Waals surface area contributed by atoms with Crippen LogP contribution in [-0.2, 0) is 14.3 Å². The molecule has 5 nitrogen and oxygen atoms in total. The fourth-order valence-electron chi connectivity index (χ4n) is 2.95. The van der Waals surface area contributed by atoms with Crippen LogP contribution in [0.5, 0.6) is 5.75 Å². The van der Waals surface area contributed by atoms with Gasteiger partial charge in [0, 0.05) is 12.2 Å². The SMILES string of the molecule is C[C@]12CCC(=O)N1[C@H](C(=O)OCCOc1ccccc1F)CS2. The van der Waals surface area contributed by atoms with E-state index in [9.17, 15) is 14.0 Å². The van der Waals surface area contributed by atoms with Gasteiger partial charge in [-0.3, -0.25) is 4.79 Å². The summed E-state index contributed by atoms with van der Waals surface area (Å²) in [5.41, 5.74) is 0. The van der Waals surface area contributed by atoms with Gasteiger partial charge in [0.2, 0.25) is 5.91 Å². The second-order valence-corrected chi connectivity index (χ2v) is 7.21. The highest BCUT2D eigenvalue weighted by atomic mass is 32.2. The van der Waals surface area contributed by atoms with Crippen LogP contribution < -0.4 is 4.74 Å². The van der Waals surface area contributed by atoms with Crippen molar-refractivity contribution in [1.82, 2.24) is 4.90 Å². The van der Waals surface area contributed by atoms with Gasteiger partial charge in [0.25, 0.3) is 0 Å². The van der Waals surface area contributed by atoms with Crippen LogP contribution in [0.25, 0.3) is 0 Å². The quantitative estimate of drug-likeness (QED) is 0.608. The molecule has 2 heterocycles. The topological polar surface area (TPSA) is 55.8 Å². The first kappa shape index (κ1) is 16.1. The Kier molecular flexibility index (Phi) is 4.48. The molecule has 2 saturated heterocycles. The van der Waals surface area contributed by atoms with Gasteiger partial charge in [0.1, 0.15) is 19.3 Å². The number of thioether (sulfide) groups is 1. The molecule has 1 amide bonds. The Balaban J connectivity index is 1.49. The Bertz CT molecular complexity index is 626. The Morgan fingerprint density at radius 1 is 1.43 bits per heavy atom. The number of amides is 1. The highest BCUT2D eigenvalue weighted by Gasteiger charge is 2.53. The van der Waals surface area contributed by atoms with Crippen LogP contribution in [0, 0.1) is 5.82 Å². The van der Waals surface area contributed by atoms with Crippen molar-refractivity contribution in [2.45, 2.75) is 30.7 Å². The predicted molar refractivity (Wildman–Crippen MR) is 83.6 cm³/mol. The summed E-state index contributed by atoms with van der Waals surface area (Å²) in [5.74, 6) is -0.197. The number of fused-ring (bicyclic) bond motifs is 1. The predicted octanol–water partition coefficient (Wildman–Crippen LogP) is 2.20. The summed E-state index contributed by atoms with van der Waals surface area (Å²) in [5, 5.41) is 0. The largest absolute Gasteiger partial charge is 0.487 e. The number of nitrogens with zero attached hydrogens (tertiary/aromatic N) is 1. The first-order valence-electron chi connectivity index (χ1n) is 7.51. The highest BCUT2D eigenvalue weighted by Crippen LogP contribution is 2.47. The number of carbonyl (C=O) groups is 2. The molecular weight excluding hydrogens is 321 g/mol. The van der Waals surface area contributed by atoms with E-state index in [4.69, 9.17) is 9.47 Å². The van der Waals surface area contributed by atoms with Gasteiger partial charge in [0.15, 0.2) is 11.6 Å². The van der Waals surface area contributed by atoms with Crippen LogP contribution in [0.2, 0.25) is 0 Å². The normalized spacial score (nSPS) is 26.3. The third-order valence-electron chi connectivity index (χ3n) is 4.14. The second-order valence-electron chi connectivity index (χ2n) is 5.71. The maximum absolute atomic E-state index is 13.4. The van der Waals surface area contributed by atoms with E-state index in [0.717, 1.165) is 6.42 Å². The van der Waals surface area contributed by atoms with Crippen LogP contribution in [0.15, 0.2) is 24.3 Å². The van der Waals surface area contributed by atoms with Crippen molar-refractivity contribution in [3.05, 3.63) is 30.1 Å². The molecule has 1 aromatic carbocycles. The van der Waals surface area contributed by atoms with Gasteiger partial charge in [-0.05, 0) is 25.5 Å². The lowest BCUT2D eigenvalue weighted by Gasteiger charge is -2.29. The number of halogens is 1. The lowest BCUT2D eigenvalue weighted by atomic mass is 10.2. The zero-order valence-electron chi connectivity index (χ0n) is 12.8. The van der Waals surface area contributed by atoms with E-state index < -0.39 is 17.8 Å². The van der Waals surface area contributed by atoms with Gasteiger partial charge in [-0.1, -0.05) is 12.1 Å². The molecule has 2 aliphatic heterocycles. The van der Waals surface area contributed by atoms with Crippen molar-refractivity contribution >= 4 is 23.6 Å². The van der Waals surface area contributed by atoms with E-state index in [-0.39, 0.29) is 29.7 Å². The van der Waals surface area contributed by atoms with Gasteiger partial charge < -0.3 is 14.4 Å². The van der Waals surface area contributed by atoms with Crippen molar-refractivity contribution < 1.29 is 23.5 Å². The van der Waals surface area contributed by atoms with Crippen molar-refractivity contribution in [1.29, 1.82) is 0 Å². The van der Waals surface area contributed by atoms with Crippen LogP contribution in [0.3, 0.4) is 0 Å². The highest BCUT2D eigenvalue weighted by molar-refractivity contribution is 8.01. The third kappa shape index (κ3) is 3.15. The fourth-order valence-corrected chi connectivity index (χ4v) is 4.36. The summed E-state index contributed by atoms with van der Waals surface area (Å²) in [7, 11) is 0. The van der Waals surface area contributed by atoms with E-state index in [1.54, 1.807) is 28.8 Å². The molecule has 1 aromatic rings. The molecule has 2 atom stereocenters. The van der Waals surface area contributed by atoms with E-state index in [1.807, 2.05) is 6.92 Å². The maximum Gasteiger partial charge on any atom is 0.329 e. The number of hydrogen-bond donors (Lipinski definition) is 0. The number of hydrogen-bond acceptors (Lipinski definition) is 5. The smallest absolute Gasteiger partial charge is 0.329 e. The van der Waals surface area contributed by atoms with Crippen molar-refractivity contribution in [3.8, 4) is 5.75 Å². The number of ether oxygens (including phenoxy) is 2. The van der Waals surface area contributed by atoms with E-state index >= 15 is 0 Å². The van der Waals surface area contributed by atoms with Crippen LogP contribution in [-0.4, -0.2) is 46.7 Å². The molecule has 0 N–H and O–H groups in total. The first-order valence-corrected chi connectivity index (χ1v) is 8.50. The maximum atomic E-state index is 13.4. The minimum Gasteiger partial charge on any atom is -0.487 e. The lowest BCUT2D eigenvalue weighted by Crippen LogP contribution is -2.46. The van der Waals surface area contributed by atoms with E-state index in [2.05, 4.69) is 0 Å². The average molecular weight is 339 g/mol. The van der Waals surface area contributed by atoms with Crippen molar-refractivity contribution in [2.75, 3.05) is 19.0 Å². The lowest BCUT2D eigenvalue weighted by molar-refractivity contribution is -0.154. The van der Waals surface area contributed by atoms with Gasteiger partial charge in [-0.2, -0.15) is 0 Å². The zero-order valence-corrected chi connectivity index (χ0v) is 13.6. The molecule has 0 spiro atoms. The van der Waals surface area contributed by atoms with Crippen LogP contribution in [0.1, 0.15) is 19.8 Å². The summed E-state index contributed by atoms with van der Waals surface area (Å²) >= 11 is 1.62. The van der Waals surface area contributed by atoms with Gasteiger partial charge in [0.05, 0.1) is 4.87 Å². The fraction of sp³-hybridized carbons (Fsp3) is 0.500.